The highest BCUT2D eigenvalue weighted by Gasteiger charge is 2.19. The van der Waals surface area contributed by atoms with E-state index in [1.165, 1.54) is 6.07 Å². The third-order valence-electron chi connectivity index (χ3n) is 4.28. The van der Waals surface area contributed by atoms with Crippen LogP contribution in [0.15, 0.2) is 36.4 Å². The van der Waals surface area contributed by atoms with Gasteiger partial charge in [0.05, 0.1) is 23.7 Å². The van der Waals surface area contributed by atoms with Crippen LogP contribution in [0.4, 0.5) is 4.39 Å². The number of amides is 1. The van der Waals surface area contributed by atoms with Crippen molar-refractivity contribution in [2.24, 2.45) is 0 Å². The smallest absolute Gasteiger partial charge is 0.275 e. The Bertz CT molecular complexity index is 795. The third kappa shape index (κ3) is 4.26. The van der Waals surface area contributed by atoms with Crippen molar-refractivity contribution in [1.82, 2.24) is 5.32 Å². The molecule has 0 fully saturated rings. The predicted molar refractivity (Wildman–Crippen MR) is 96.0 cm³/mol. The summed E-state index contributed by atoms with van der Waals surface area (Å²) in [6, 6.07) is 10.00. The van der Waals surface area contributed by atoms with Gasteiger partial charge in [0.15, 0.2) is 18.0 Å². The minimum absolute atomic E-state index is 0.125. The normalized spacial score (nSPS) is 14.8. The number of rotatable bonds is 6. The van der Waals surface area contributed by atoms with Gasteiger partial charge in [0.2, 0.25) is 6.79 Å². The summed E-state index contributed by atoms with van der Waals surface area (Å²) in [5.74, 6) is 0.907. The van der Waals surface area contributed by atoms with Crippen molar-refractivity contribution in [3.05, 3.63) is 58.4 Å². The molecule has 1 aliphatic heterocycles. The number of carbonyl (C=O) groups excluding carboxylic acids is 1. The molecule has 138 valence electrons. The average molecular weight is 380 g/mol. The second-order valence-corrected chi connectivity index (χ2v) is 6.82. The van der Waals surface area contributed by atoms with Crippen molar-refractivity contribution < 1.29 is 23.6 Å². The van der Waals surface area contributed by atoms with Gasteiger partial charge in [0, 0.05) is 0 Å². The molecular weight excluding hydrogens is 359 g/mol. The average Bonchev–Trinajstić information content (AvgIpc) is 3.05. The van der Waals surface area contributed by atoms with Crippen LogP contribution < -0.4 is 19.7 Å². The summed E-state index contributed by atoms with van der Waals surface area (Å²) in [6.07, 6.45) is 0. The second-order valence-electron chi connectivity index (χ2n) is 6.41. The molecule has 2 atom stereocenters. The molecular formula is C19H21ClFN2O3+. The molecule has 1 heterocycles. The standard InChI is InChI=1S/C19H20ClFN2O3/c1-12(13-6-7-17-18(8-13)26-11-25-17)22-19(24)10-23(2)9-14-15(20)4-3-5-16(14)21/h3-8,12H,9-11H2,1-2H3,(H,22,24)/p+1/t12-/m1/s1. The number of ether oxygens (including phenoxy) is 2. The zero-order chi connectivity index (χ0) is 18.7. The van der Waals surface area contributed by atoms with E-state index in [0.717, 1.165) is 10.5 Å². The van der Waals surface area contributed by atoms with Crippen LogP contribution in [0.1, 0.15) is 24.1 Å². The Kier molecular flexibility index (Phi) is 5.64. The van der Waals surface area contributed by atoms with Crippen molar-refractivity contribution in [2.75, 3.05) is 20.4 Å². The van der Waals surface area contributed by atoms with Crippen molar-refractivity contribution >= 4 is 17.5 Å². The molecule has 0 radical (unpaired) electrons. The fraction of sp³-hybridized carbons (Fsp3) is 0.316. The minimum Gasteiger partial charge on any atom is -0.454 e. The van der Waals surface area contributed by atoms with Crippen LogP contribution in [0.25, 0.3) is 0 Å². The number of carbonyl (C=O) groups is 1. The number of nitrogens with one attached hydrogen (secondary N) is 2. The quantitative estimate of drug-likeness (QED) is 0.808. The number of fused-ring (bicyclic) bond motifs is 1. The van der Waals surface area contributed by atoms with Crippen molar-refractivity contribution in [3.63, 3.8) is 0 Å². The summed E-state index contributed by atoms with van der Waals surface area (Å²) >= 11 is 6.04. The maximum atomic E-state index is 13.9. The molecule has 0 spiro atoms. The van der Waals surface area contributed by atoms with Gasteiger partial charge < -0.3 is 19.7 Å². The number of hydrogen-bond acceptors (Lipinski definition) is 3. The molecule has 0 bridgehead atoms. The minimum atomic E-state index is -0.356. The Morgan fingerprint density at radius 3 is 2.85 bits per heavy atom. The highest BCUT2D eigenvalue weighted by molar-refractivity contribution is 6.31. The summed E-state index contributed by atoms with van der Waals surface area (Å²) < 4.78 is 24.5. The van der Waals surface area contributed by atoms with Crippen molar-refractivity contribution in [1.29, 1.82) is 0 Å². The van der Waals surface area contributed by atoms with Gasteiger partial charge in [-0.2, -0.15) is 0 Å². The lowest BCUT2D eigenvalue weighted by Gasteiger charge is -2.18. The zero-order valence-corrected chi connectivity index (χ0v) is 15.4. The SMILES string of the molecule is C[C@@H](NC(=O)C[NH+](C)Cc1c(F)cccc1Cl)c1ccc2c(c1)OCO2. The molecule has 5 nitrogen and oxygen atoms in total. The van der Waals surface area contributed by atoms with E-state index in [0.29, 0.717) is 28.6 Å². The summed E-state index contributed by atoms with van der Waals surface area (Å²) in [5.41, 5.74) is 1.35. The van der Waals surface area contributed by atoms with Gasteiger partial charge in [-0.1, -0.05) is 23.7 Å². The lowest BCUT2D eigenvalue weighted by Crippen LogP contribution is -3.09. The molecule has 1 amide bonds. The summed E-state index contributed by atoms with van der Waals surface area (Å²) in [5, 5.41) is 3.32. The Balaban J connectivity index is 1.56. The van der Waals surface area contributed by atoms with Crippen molar-refractivity contribution in [2.45, 2.75) is 19.5 Å². The van der Waals surface area contributed by atoms with Crippen LogP contribution in [-0.4, -0.2) is 26.3 Å². The van der Waals surface area contributed by atoms with Gasteiger partial charge in [-0.15, -0.1) is 0 Å². The topological polar surface area (TPSA) is 52.0 Å². The fourth-order valence-corrected chi connectivity index (χ4v) is 3.13. The zero-order valence-electron chi connectivity index (χ0n) is 14.6. The summed E-state index contributed by atoms with van der Waals surface area (Å²) in [6.45, 7) is 2.65. The Morgan fingerprint density at radius 2 is 2.08 bits per heavy atom. The summed E-state index contributed by atoms with van der Waals surface area (Å²) in [7, 11) is 1.83. The van der Waals surface area contributed by atoms with Crippen LogP contribution in [0, 0.1) is 5.82 Å². The number of likely N-dealkylation sites (N-methyl/N-ethyl adjacent to an activating group) is 1. The highest BCUT2D eigenvalue weighted by Crippen LogP contribution is 2.34. The molecule has 0 saturated heterocycles. The van der Waals surface area contributed by atoms with Crippen LogP contribution in [0.2, 0.25) is 5.02 Å². The molecule has 3 rings (SSSR count). The van der Waals surface area contributed by atoms with E-state index in [1.807, 2.05) is 32.2 Å². The molecule has 1 aliphatic rings. The molecule has 0 saturated carbocycles. The van der Waals surface area contributed by atoms with Crippen molar-refractivity contribution in [3.8, 4) is 11.5 Å². The first kappa shape index (κ1) is 18.5. The van der Waals surface area contributed by atoms with Gasteiger partial charge >= 0.3 is 0 Å². The highest BCUT2D eigenvalue weighted by atomic mass is 35.5. The molecule has 0 aromatic heterocycles. The van der Waals surface area contributed by atoms with Crippen LogP contribution >= 0.6 is 11.6 Å². The van der Waals surface area contributed by atoms with Gasteiger partial charge in [0.25, 0.3) is 5.91 Å². The van der Waals surface area contributed by atoms with E-state index in [1.54, 1.807) is 12.1 Å². The molecule has 2 aromatic carbocycles. The Hall–Kier alpha value is -2.31. The molecule has 7 heteroatoms. The monoisotopic (exact) mass is 379 g/mol. The van der Waals surface area contributed by atoms with Crippen LogP contribution in [-0.2, 0) is 11.3 Å². The number of benzene rings is 2. The molecule has 1 unspecified atom stereocenters. The number of halogens is 2. The fourth-order valence-electron chi connectivity index (χ4n) is 2.90. The first-order valence-electron chi connectivity index (χ1n) is 8.37. The maximum absolute atomic E-state index is 13.9. The second kappa shape index (κ2) is 7.93. The van der Waals surface area contributed by atoms with E-state index in [2.05, 4.69) is 5.32 Å². The largest absolute Gasteiger partial charge is 0.454 e. The maximum Gasteiger partial charge on any atom is 0.275 e. The Morgan fingerprint density at radius 1 is 1.31 bits per heavy atom. The molecule has 26 heavy (non-hydrogen) atoms. The Labute approximate surface area is 156 Å². The van der Waals surface area contributed by atoms with Gasteiger partial charge in [0.1, 0.15) is 12.4 Å². The van der Waals surface area contributed by atoms with E-state index >= 15 is 0 Å². The lowest BCUT2D eigenvalue weighted by atomic mass is 10.1. The van der Waals surface area contributed by atoms with Gasteiger partial charge in [-0.3, -0.25) is 4.79 Å². The molecule has 0 aliphatic carbocycles. The van der Waals surface area contributed by atoms with E-state index in [-0.39, 0.29) is 31.1 Å². The predicted octanol–water partition coefficient (Wildman–Crippen LogP) is 2.10. The summed E-state index contributed by atoms with van der Waals surface area (Å²) in [4.78, 5) is 13.2. The van der Waals surface area contributed by atoms with E-state index < -0.39 is 0 Å². The first-order valence-corrected chi connectivity index (χ1v) is 8.75. The first-order chi connectivity index (χ1) is 12.4. The molecule has 2 aromatic rings. The lowest BCUT2D eigenvalue weighted by molar-refractivity contribution is -0.885. The van der Waals surface area contributed by atoms with Gasteiger partial charge in [-0.25, -0.2) is 4.39 Å². The van der Waals surface area contributed by atoms with Gasteiger partial charge in [-0.05, 0) is 36.8 Å². The van der Waals surface area contributed by atoms with Crippen LogP contribution in [0.5, 0.6) is 11.5 Å². The van der Waals surface area contributed by atoms with E-state index in [4.69, 9.17) is 21.1 Å². The number of quaternary nitrogens is 1. The van der Waals surface area contributed by atoms with Crippen LogP contribution in [0.3, 0.4) is 0 Å². The molecule has 2 N–H and O–H groups in total. The number of hydrogen-bond donors (Lipinski definition) is 2. The third-order valence-corrected chi connectivity index (χ3v) is 4.63. The van der Waals surface area contributed by atoms with E-state index in [9.17, 15) is 9.18 Å².